The number of benzene rings is 1. The van der Waals surface area contributed by atoms with Crippen LogP contribution in [-0.2, 0) is 80.0 Å². The lowest BCUT2D eigenvalue weighted by Crippen LogP contribution is -2.62. The summed E-state index contributed by atoms with van der Waals surface area (Å²) in [5, 5.41) is 48.0. The van der Waals surface area contributed by atoms with Crippen molar-refractivity contribution in [1.29, 1.82) is 0 Å². The molecular weight excluding hydrogens is 1320 g/mol. The summed E-state index contributed by atoms with van der Waals surface area (Å²) in [6.45, 7) is 14.1. The van der Waals surface area contributed by atoms with E-state index < -0.39 is 186 Å². The number of thioether (sulfide) groups is 1. The third kappa shape index (κ3) is 27.6. The molecule has 1 fully saturated rings. The third-order valence-electron chi connectivity index (χ3n) is 17.5. The number of nitrogens with two attached hydrogens (primary N) is 3. The van der Waals surface area contributed by atoms with Gasteiger partial charge < -0.3 is 90.9 Å². The van der Waals surface area contributed by atoms with E-state index in [1.807, 2.05) is 13.8 Å². The van der Waals surface area contributed by atoms with E-state index in [-0.39, 0.29) is 107 Å². The summed E-state index contributed by atoms with van der Waals surface area (Å²) in [6, 6.07) is -7.43. The van der Waals surface area contributed by atoms with Crippen molar-refractivity contribution in [3.63, 3.8) is 0 Å². The average Bonchev–Trinajstić information content (AvgIpc) is 1.21. The van der Waals surface area contributed by atoms with Crippen molar-refractivity contribution in [2.75, 3.05) is 18.8 Å². The Morgan fingerprint density at radius 2 is 1.26 bits per heavy atom. The molecule has 0 spiro atoms. The van der Waals surface area contributed by atoms with Gasteiger partial charge in [0.15, 0.2) is 0 Å². The first-order valence-corrected chi connectivity index (χ1v) is 35.1. The zero-order valence-corrected chi connectivity index (χ0v) is 59.0. The third-order valence-corrected chi connectivity index (χ3v) is 18.7. The first-order chi connectivity index (χ1) is 47.4. The molecule has 3 heterocycles. The number of nitrogens with one attached hydrogen (secondary N) is 12. The molecule has 15 atom stereocenters. The normalized spacial score (nSPS) is 23.1. The molecule has 12 amide bonds. The first kappa shape index (κ1) is 83.4. The number of aromatic nitrogens is 2. The van der Waals surface area contributed by atoms with Crippen LogP contribution in [0.25, 0.3) is 0 Å². The quantitative estimate of drug-likeness (QED) is 0.0401. The van der Waals surface area contributed by atoms with Crippen molar-refractivity contribution in [3.05, 3.63) is 54.1 Å². The van der Waals surface area contributed by atoms with Crippen molar-refractivity contribution >= 4 is 100 Å². The maximum absolute atomic E-state index is 14.9. The van der Waals surface area contributed by atoms with Crippen molar-refractivity contribution in [3.8, 4) is 0 Å². The SMILES string of the molecule is CCC(C)C(NC(=O)C(CCC(=O)O)NC(=O)C(CC(C)C)NC(=O)C1=NC(C(N)C(C)CC)SC1)C(=O)NC1CCCCNC(=O)C(CC(N)=O)NC(=O)C(CC(=O)O)NC(=O)C(Cc2cnc[nH]2)NC(=O)C(Cc2ccccc2)NC(=O)C(C(C)CC)NC(=O)C(CCCN)NC1=O. The Balaban J connectivity index is 1.77. The molecule has 0 aliphatic carbocycles. The molecule has 554 valence electrons. The van der Waals surface area contributed by atoms with Crippen molar-refractivity contribution in [1.82, 2.24) is 68.5 Å². The molecule has 2 aromatic rings. The van der Waals surface area contributed by atoms with Gasteiger partial charge in [-0.25, -0.2) is 4.98 Å². The summed E-state index contributed by atoms with van der Waals surface area (Å²) < 4.78 is 0. The number of carboxylic acids is 2. The van der Waals surface area contributed by atoms with E-state index in [0.29, 0.717) is 11.3 Å². The number of rotatable bonds is 31. The number of aromatic amines is 1. The van der Waals surface area contributed by atoms with Gasteiger partial charge in [-0.2, -0.15) is 0 Å². The largest absolute Gasteiger partial charge is 0.481 e. The molecule has 4 rings (SSSR count). The number of carbonyl (C=O) groups is 14. The van der Waals surface area contributed by atoms with Crippen LogP contribution in [0.4, 0.5) is 0 Å². The molecule has 1 saturated heterocycles. The Labute approximate surface area is 586 Å². The van der Waals surface area contributed by atoms with E-state index in [2.05, 4.69) is 73.4 Å². The van der Waals surface area contributed by atoms with E-state index >= 15 is 0 Å². The van der Waals surface area contributed by atoms with Crippen molar-refractivity contribution in [2.24, 2.45) is 45.9 Å². The van der Waals surface area contributed by atoms with Gasteiger partial charge in [-0.1, -0.05) is 105 Å². The summed E-state index contributed by atoms with van der Waals surface area (Å²) in [5.74, 6) is -15.5. The minimum Gasteiger partial charge on any atom is -0.481 e. The standard InChI is InChI=1S/C66H103N17O16S/c1-9-35(6)52(69)66-81-48(32-100-66)63(97)76-43(26-34(4)5)59(93)74-42(22-23-50(85)86)58(92)83-53(36(7)10-2)64(98)75-40-20-15-16-25-71-55(89)46(29-49(68)84)78-62(96)47(30-51(87)88)79-61(95)45(28-39-31-70-33-72-39)77-60(94)44(27-38-18-13-12-14-19-38)80-65(99)54(37(8)11-3)82-57(91)41(21-17-24-67)73-56(40)90/h12-14,18-19,31,33-37,40-47,52-54,66H,9-11,15-17,20-30,32,67,69H2,1-8H3,(H2,68,84)(H,70,72)(H,71,89)(H,73,90)(H,74,93)(H,75,98)(H,76,97)(H,77,94)(H,78,96)(H,79,95)(H,80,99)(H,82,91)(H,83,92)(H,85,86)(H,87,88). The van der Waals surface area contributed by atoms with Gasteiger partial charge in [0.2, 0.25) is 65.0 Å². The number of aliphatic carboxylic acids is 2. The Kier molecular flexibility index (Phi) is 35.1. The molecule has 0 bridgehead atoms. The van der Waals surface area contributed by atoms with Gasteiger partial charge in [0, 0.05) is 49.5 Å². The number of amides is 12. The zero-order valence-electron chi connectivity index (χ0n) is 58.2. The fourth-order valence-corrected chi connectivity index (χ4v) is 12.1. The number of H-pyrrole nitrogens is 1. The highest BCUT2D eigenvalue weighted by Crippen LogP contribution is 2.27. The molecule has 2 aliphatic heterocycles. The highest BCUT2D eigenvalue weighted by molar-refractivity contribution is 8.01. The second-order valence-corrected chi connectivity index (χ2v) is 27.1. The smallest absolute Gasteiger partial charge is 0.305 e. The van der Waals surface area contributed by atoms with Gasteiger partial charge in [0.1, 0.15) is 71.5 Å². The van der Waals surface area contributed by atoms with E-state index in [0.717, 1.165) is 6.42 Å². The van der Waals surface area contributed by atoms with E-state index in [4.69, 9.17) is 17.2 Å². The number of nitrogens with zero attached hydrogens (tertiary/aromatic N) is 2. The lowest BCUT2D eigenvalue weighted by molar-refractivity contribution is -0.142. The molecule has 0 radical (unpaired) electrons. The first-order valence-electron chi connectivity index (χ1n) is 34.1. The molecule has 2 aliphatic rings. The predicted octanol–water partition coefficient (Wildman–Crippen LogP) is -1.68. The van der Waals surface area contributed by atoms with Crippen LogP contribution in [0.5, 0.6) is 0 Å². The Hall–Kier alpha value is -9.05. The van der Waals surface area contributed by atoms with Crippen LogP contribution in [0.2, 0.25) is 0 Å². The molecular formula is C66H103N17O16S. The Bertz CT molecular complexity index is 3160. The zero-order chi connectivity index (χ0) is 74.3. The Morgan fingerprint density at radius 1 is 0.660 bits per heavy atom. The average molecular weight is 1420 g/mol. The molecule has 1 aromatic carbocycles. The Morgan fingerprint density at radius 3 is 1.85 bits per heavy atom. The number of carboxylic acid groups (broad SMARTS) is 2. The molecule has 34 heteroatoms. The second-order valence-electron chi connectivity index (χ2n) is 26.0. The van der Waals surface area contributed by atoms with Crippen LogP contribution in [0.15, 0.2) is 47.8 Å². The maximum Gasteiger partial charge on any atom is 0.305 e. The molecule has 0 saturated carbocycles. The monoisotopic (exact) mass is 1420 g/mol. The number of primary amides is 1. The van der Waals surface area contributed by atoms with Crippen LogP contribution in [0.3, 0.4) is 0 Å². The van der Waals surface area contributed by atoms with Gasteiger partial charge in [0.05, 0.1) is 19.2 Å². The topological polar surface area (TPSA) is 531 Å². The number of carbonyl (C=O) groups excluding carboxylic acids is 12. The highest BCUT2D eigenvalue weighted by atomic mass is 32.2. The molecule has 20 N–H and O–H groups in total. The highest BCUT2D eigenvalue weighted by Gasteiger charge is 2.40. The lowest BCUT2D eigenvalue weighted by Gasteiger charge is -2.30. The lowest BCUT2D eigenvalue weighted by atomic mass is 9.96. The summed E-state index contributed by atoms with van der Waals surface area (Å²) >= 11 is 1.39. The van der Waals surface area contributed by atoms with Crippen LogP contribution in [0, 0.1) is 23.7 Å². The van der Waals surface area contributed by atoms with Crippen LogP contribution >= 0.6 is 11.8 Å². The molecule has 100 heavy (non-hydrogen) atoms. The molecule has 15 unspecified atom stereocenters. The summed E-state index contributed by atoms with van der Waals surface area (Å²) in [7, 11) is 0. The van der Waals surface area contributed by atoms with E-state index in [1.54, 1.807) is 71.9 Å². The fourth-order valence-electron chi connectivity index (χ4n) is 10.9. The van der Waals surface area contributed by atoms with Crippen molar-refractivity contribution in [2.45, 2.75) is 224 Å². The molecule has 1 aromatic heterocycles. The predicted molar refractivity (Wildman–Crippen MR) is 369 cm³/mol. The second kappa shape index (κ2) is 42.1. The van der Waals surface area contributed by atoms with Crippen LogP contribution in [-0.4, -0.2) is 199 Å². The minimum atomic E-state index is -1.94. The molecule has 33 nitrogen and oxygen atoms in total. The number of hydrogen-bond donors (Lipinski definition) is 17. The fraction of sp³-hybridized carbons (Fsp3) is 0.636. The summed E-state index contributed by atoms with van der Waals surface area (Å²) in [6.07, 6.45) is 0.367. The van der Waals surface area contributed by atoms with Crippen LogP contribution < -0.4 is 75.7 Å². The van der Waals surface area contributed by atoms with Crippen molar-refractivity contribution < 1.29 is 77.3 Å². The summed E-state index contributed by atoms with van der Waals surface area (Å²) in [5.41, 5.74) is 18.9. The van der Waals surface area contributed by atoms with Gasteiger partial charge in [0.25, 0.3) is 5.91 Å². The maximum atomic E-state index is 14.9. The van der Waals surface area contributed by atoms with E-state index in [1.165, 1.54) is 24.3 Å². The number of aliphatic imine (C=N–C) groups is 1. The summed E-state index contributed by atoms with van der Waals surface area (Å²) in [4.78, 5) is 207. The number of hydrogen-bond acceptors (Lipinski definition) is 19. The van der Waals surface area contributed by atoms with Gasteiger partial charge in [-0.05, 0) is 80.7 Å². The van der Waals surface area contributed by atoms with Gasteiger partial charge in [-0.3, -0.25) is 72.1 Å². The van der Waals surface area contributed by atoms with Gasteiger partial charge >= 0.3 is 11.9 Å². The van der Waals surface area contributed by atoms with Gasteiger partial charge in [-0.15, -0.1) is 11.8 Å². The minimum absolute atomic E-state index is 0.000843. The van der Waals surface area contributed by atoms with E-state index in [9.17, 15) is 77.3 Å². The van der Waals surface area contributed by atoms with Crippen LogP contribution in [0.1, 0.15) is 150 Å². The number of imidazole rings is 1.